The zero-order valence-corrected chi connectivity index (χ0v) is 18.8. The fourth-order valence-corrected chi connectivity index (χ4v) is 4.62. The van der Waals surface area contributed by atoms with Gasteiger partial charge in [0.25, 0.3) is 0 Å². The third-order valence-corrected chi connectivity index (χ3v) is 6.69. The largest absolute Gasteiger partial charge is 0.394 e. The van der Waals surface area contributed by atoms with Crippen molar-refractivity contribution in [2.75, 3.05) is 6.61 Å². The van der Waals surface area contributed by atoms with Gasteiger partial charge in [0.05, 0.1) is 18.2 Å². The molecule has 0 radical (unpaired) electrons. The predicted octanol–water partition coefficient (Wildman–Crippen LogP) is 1.32. The molecule has 1 heterocycles. The number of nitrogens with zero attached hydrogens (tertiary/aromatic N) is 1. The number of ether oxygens (including phenoxy) is 1. The van der Waals surface area contributed by atoms with Crippen molar-refractivity contribution in [2.45, 2.75) is 68.2 Å². The zero-order chi connectivity index (χ0) is 24.3. The van der Waals surface area contributed by atoms with Gasteiger partial charge in [-0.2, -0.15) is 5.26 Å². The monoisotopic (exact) mass is 463 g/mol. The van der Waals surface area contributed by atoms with E-state index in [0.717, 1.165) is 29.5 Å². The Hall–Kier alpha value is -2.75. The van der Waals surface area contributed by atoms with Crippen LogP contribution in [0.5, 0.6) is 0 Å². The van der Waals surface area contributed by atoms with Crippen molar-refractivity contribution < 1.29 is 30.3 Å². The predicted molar refractivity (Wildman–Crippen MR) is 123 cm³/mol. The van der Waals surface area contributed by atoms with E-state index in [9.17, 15) is 30.8 Å². The van der Waals surface area contributed by atoms with Crippen LogP contribution in [0.4, 0.5) is 0 Å². The molecule has 2 aliphatic rings. The maximum absolute atomic E-state index is 10.4. The summed E-state index contributed by atoms with van der Waals surface area (Å²) >= 11 is 0. The van der Waals surface area contributed by atoms with Crippen molar-refractivity contribution in [3.8, 4) is 17.9 Å². The molecule has 1 saturated carbocycles. The van der Waals surface area contributed by atoms with Gasteiger partial charge in [-0.3, -0.25) is 0 Å². The van der Waals surface area contributed by atoms with Crippen LogP contribution in [-0.2, 0) is 11.2 Å². The van der Waals surface area contributed by atoms with Crippen LogP contribution in [0.25, 0.3) is 0 Å². The maximum Gasteiger partial charge on any atom is 0.125 e. The van der Waals surface area contributed by atoms with Gasteiger partial charge in [-0.15, -0.1) is 0 Å². The highest BCUT2D eigenvalue weighted by Crippen LogP contribution is 2.33. The second-order valence-corrected chi connectivity index (χ2v) is 9.14. The van der Waals surface area contributed by atoms with Crippen molar-refractivity contribution in [3.63, 3.8) is 0 Å². The van der Waals surface area contributed by atoms with E-state index in [-0.39, 0.29) is 0 Å². The van der Waals surface area contributed by atoms with Crippen LogP contribution in [0.15, 0.2) is 42.5 Å². The van der Waals surface area contributed by atoms with Gasteiger partial charge in [-0.25, -0.2) is 0 Å². The van der Waals surface area contributed by atoms with E-state index in [4.69, 9.17) is 4.74 Å². The van der Waals surface area contributed by atoms with Gasteiger partial charge < -0.3 is 30.3 Å². The summed E-state index contributed by atoms with van der Waals surface area (Å²) in [5, 5.41) is 60.0. The molecule has 4 rings (SSSR count). The summed E-state index contributed by atoms with van der Waals surface area (Å²) in [6.45, 7) is -0.503. The summed E-state index contributed by atoms with van der Waals surface area (Å²) in [6, 6.07) is 14.8. The first kappa shape index (κ1) is 24.4. The van der Waals surface area contributed by atoms with Gasteiger partial charge in [-0.1, -0.05) is 36.1 Å². The summed E-state index contributed by atoms with van der Waals surface area (Å²) < 4.78 is 5.66. The lowest BCUT2D eigenvalue weighted by atomic mass is 9.89. The molecule has 7 nitrogen and oxygen atoms in total. The SMILES string of the molecule is N#Cc1ccc(C2OC(CO)[C@@H](O)[C@H](O)[C@H]2O)cc1Cc1ccc(C#CC2(O)CCCC2)cc1. The first-order valence-electron chi connectivity index (χ1n) is 11.5. The third kappa shape index (κ3) is 5.16. The van der Waals surface area contributed by atoms with Gasteiger partial charge in [0, 0.05) is 5.56 Å². The van der Waals surface area contributed by atoms with E-state index in [1.165, 1.54) is 0 Å². The first-order valence-corrected chi connectivity index (χ1v) is 11.5. The van der Waals surface area contributed by atoms with Gasteiger partial charge in [0.15, 0.2) is 0 Å². The lowest BCUT2D eigenvalue weighted by molar-refractivity contribution is -0.231. The molecule has 2 unspecified atom stereocenters. The Bertz CT molecular complexity index is 1100. The summed E-state index contributed by atoms with van der Waals surface area (Å²) in [7, 11) is 0. The maximum atomic E-state index is 10.4. The molecular formula is C27H29NO6. The highest BCUT2D eigenvalue weighted by atomic mass is 16.5. The molecule has 0 amide bonds. The van der Waals surface area contributed by atoms with Crippen molar-refractivity contribution in [3.05, 3.63) is 70.3 Å². The molecule has 0 aromatic heterocycles. The van der Waals surface area contributed by atoms with E-state index in [1.807, 2.05) is 24.3 Å². The lowest BCUT2D eigenvalue weighted by Gasteiger charge is -2.40. The Morgan fingerprint density at radius 3 is 2.32 bits per heavy atom. The second-order valence-electron chi connectivity index (χ2n) is 9.14. The average molecular weight is 464 g/mol. The highest BCUT2D eigenvalue weighted by molar-refractivity contribution is 5.45. The Labute approximate surface area is 198 Å². The fourth-order valence-electron chi connectivity index (χ4n) is 4.62. The molecule has 0 spiro atoms. The lowest BCUT2D eigenvalue weighted by Crippen LogP contribution is -2.55. The van der Waals surface area contributed by atoms with Crippen molar-refractivity contribution >= 4 is 0 Å². The van der Waals surface area contributed by atoms with Crippen LogP contribution < -0.4 is 0 Å². The average Bonchev–Trinajstić information content (AvgIpc) is 3.29. The van der Waals surface area contributed by atoms with Gasteiger partial charge in [0.1, 0.15) is 36.1 Å². The molecule has 5 N–H and O–H groups in total. The molecule has 34 heavy (non-hydrogen) atoms. The van der Waals surface area contributed by atoms with Crippen LogP contribution in [-0.4, -0.2) is 62.2 Å². The van der Waals surface area contributed by atoms with E-state index >= 15 is 0 Å². The standard InChI is InChI=1S/C27H29NO6/c28-15-20-8-7-19(26-25(32)24(31)23(30)22(16-29)34-26)14-21(20)13-18-5-3-17(4-6-18)9-12-27(33)10-1-2-11-27/h3-8,14,22-26,29-33H,1-2,10-11,13,16H2/t22?,23-,24+,25-,26?/m1/s1. The molecule has 7 heteroatoms. The number of rotatable bonds is 4. The number of benzene rings is 2. The van der Waals surface area contributed by atoms with Crippen LogP contribution in [0.2, 0.25) is 0 Å². The van der Waals surface area contributed by atoms with Crippen molar-refractivity contribution in [1.29, 1.82) is 5.26 Å². The van der Waals surface area contributed by atoms with Gasteiger partial charge in [-0.05, 0) is 67.0 Å². The van der Waals surface area contributed by atoms with E-state index in [0.29, 0.717) is 30.4 Å². The van der Waals surface area contributed by atoms with Crippen LogP contribution in [0, 0.1) is 23.2 Å². The van der Waals surface area contributed by atoms with Crippen molar-refractivity contribution in [1.82, 2.24) is 0 Å². The van der Waals surface area contributed by atoms with Crippen molar-refractivity contribution in [2.24, 2.45) is 0 Å². The Morgan fingerprint density at radius 1 is 0.971 bits per heavy atom. The first-order chi connectivity index (χ1) is 16.3. The van der Waals surface area contributed by atoms with Gasteiger partial charge >= 0.3 is 0 Å². The quantitative estimate of drug-likeness (QED) is 0.432. The molecular weight excluding hydrogens is 434 g/mol. The molecule has 5 atom stereocenters. The highest BCUT2D eigenvalue weighted by Gasteiger charge is 2.44. The fraction of sp³-hybridized carbons (Fsp3) is 0.444. The molecule has 178 valence electrons. The minimum atomic E-state index is -1.47. The molecule has 0 bridgehead atoms. The Balaban J connectivity index is 1.54. The van der Waals surface area contributed by atoms with Crippen LogP contribution in [0.1, 0.15) is 59.6 Å². The summed E-state index contributed by atoms with van der Waals surface area (Å²) in [5.41, 5.74) is 2.60. The zero-order valence-electron chi connectivity index (χ0n) is 18.8. The molecule has 1 aliphatic carbocycles. The third-order valence-electron chi connectivity index (χ3n) is 6.69. The second kappa shape index (κ2) is 10.2. The Kier molecular flexibility index (Phi) is 7.35. The van der Waals surface area contributed by atoms with Gasteiger partial charge in [0.2, 0.25) is 0 Å². The normalized spacial score (nSPS) is 28.1. The minimum Gasteiger partial charge on any atom is -0.394 e. The number of aliphatic hydroxyl groups excluding tert-OH is 4. The molecule has 1 saturated heterocycles. The Morgan fingerprint density at radius 2 is 1.68 bits per heavy atom. The van der Waals surface area contributed by atoms with E-state index in [1.54, 1.807) is 18.2 Å². The van der Waals surface area contributed by atoms with E-state index in [2.05, 4.69) is 17.9 Å². The molecule has 2 fully saturated rings. The van der Waals surface area contributed by atoms with Crippen LogP contribution in [0.3, 0.4) is 0 Å². The number of hydrogen-bond acceptors (Lipinski definition) is 7. The molecule has 1 aliphatic heterocycles. The number of aliphatic hydroxyl groups is 5. The number of hydrogen-bond donors (Lipinski definition) is 5. The summed E-state index contributed by atoms with van der Waals surface area (Å²) in [5.74, 6) is 6.05. The summed E-state index contributed by atoms with van der Waals surface area (Å²) in [4.78, 5) is 0. The molecule has 2 aromatic rings. The number of nitriles is 1. The minimum absolute atomic E-state index is 0.450. The smallest absolute Gasteiger partial charge is 0.125 e. The summed E-state index contributed by atoms with van der Waals surface area (Å²) in [6.07, 6.45) is -2.38. The van der Waals surface area contributed by atoms with E-state index < -0.39 is 42.7 Å². The molecule has 2 aromatic carbocycles. The van der Waals surface area contributed by atoms with Crippen LogP contribution >= 0.6 is 0 Å². The topological polar surface area (TPSA) is 134 Å².